The number of nitrogens with one attached hydrogen (secondary N) is 2. The van der Waals surface area contributed by atoms with Crippen molar-refractivity contribution in [3.63, 3.8) is 0 Å². The van der Waals surface area contributed by atoms with Gasteiger partial charge in [-0.2, -0.15) is 18.3 Å². The van der Waals surface area contributed by atoms with E-state index < -0.39 is 11.7 Å². The maximum Gasteiger partial charge on any atom is 0.416 e. The summed E-state index contributed by atoms with van der Waals surface area (Å²) in [6, 6.07) is 11.8. The third kappa shape index (κ3) is 3.03. The summed E-state index contributed by atoms with van der Waals surface area (Å²) in [5.74, 6) is 0.384. The number of H-pyrrole nitrogens is 1. The first kappa shape index (κ1) is 15.9. The predicted molar refractivity (Wildman–Crippen MR) is 84.0 cm³/mol. The molecule has 1 heterocycles. The smallest absolute Gasteiger partial charge is 0.355 e. The molecular weight excluding hydrogens is 321 g/mol. The van der Waals surface area contributed by atoms with E-state index >= 15 is 0 Å². The molecule has 0 aliphatic rings. The summed E-state index contributed by atoms with van der Waals surface area (Å²) >= 11 is 0. The van der Waals surface area contributed by atoms with Crippen molar-refractivity contribution in [1.82, 2.24) is 14.8 Å². The van der Waals surface area contributed by atoms with Crippen molar-refractivity contribution in [2.24, 2.45) is 7.05 Å². The Labute approximate surface area is 134 Å². The minimum atomic E-state index is -4.41. The summed E-state index contributed by atoms with van der Waals surface area (Å²) in [6.45, 7) is 0. The lowest BCUT2D eigenvalue weighted by atomic mass is 10.1. The van der Waals surface area contributed by atoms with Crippen LogP contribution >= 0.6 is 0 Å². The molecule has 0 radical (unpaired) electrons. The number of rotatable bonds is 3. The van der Waals surface area contributed by atoms with E-state index in [9.17, 15) is 18.0 Å². The Morgan fingerprint density at radius 2 is 1.88 bits per heavy atom. The number of nitrogens with zero attached hydrogens (tertiary/aromatic N) is 2. The Morgan fingerprint density at radius 3 is 2.54 bits per heavy atom. The molecule has 1 aromatic heterocycles. The van der Waals surface area contributed by atoms with Gasteiger partial charge in [0.15, 0.2) is 5.82 Å². The van der Waals surface area contributed by atoms with Gasteiger partial charge >= 0.3 is 11.9 Å². The van der Waals surface area contributed by atoms with Crippen LogP contribution < -0.4 is 11.0 Å². The number of aromatic amines is 1. The quantitative estimate of drug-likeness (QED) is 0.770. The van der Waals surface area contributed by atoms with Gasteiger partial charge in [0, 0.05) is 24.0 Å². The van der Waals surface area contributed by atoms with E-state index in [1.165, 1.54) is 16.7 Å². The van der Waals surface area contributed by atoms with Gasteiger partial charge in [0.2, 0.25) is 0 Å². The molecule has 0 aliphatic heterocycles. The van der Waals surface area contributed by atoms with E-state index in [1.807, 2.05) is 0 Å². The third-order valence-electron chi connectivity index (χ3n) is 3.52. The summed E-state index contributed by atoms with van der Waals surface area (Å²) in [4.78, 5) is 11.5. The van der Waals surface area contributed by atoms with Gasteiger partial charge in [0.1, 0.15) is 0 Å². The first-order chi connectivity index (χ1) is 11.4. The Kier molecular flexibility index (Phi) is 3.88. The molecule has 3 aromatic rings. The lowest BCUT2D eigenvalue weighted by Gasteiger charge is -2.13. The standard InChI is InChI=1S/C16H13F3N4O/c1-23-14(21-22-15(23)24)12-7-2-3-8-13(12)20-11-6-4-5-10(9-11)16(17,18)19/h2-9,20H,1H3,(H,22,24). The summed E-state index contributed by atoms with van der Waals surface area (Å²) in [7, 11) is 1.56. The van der Waals surface area contributed by atoms with Crippen molar-refractivity contribution in [1.29, 1.82) is 0 Å². The van der Waals surface area contributed by atoms with Gasteiger partial charge in [0.05, 0.1) is 5.56 Å². The third-order valence-corrected chi connectivity index (χ3v) is 3.52. The van der Waals surface area contributed by atoms with Gasteiger partial charge in [-0.3, -0.25) is 4.57 Å². The molecule has 0 saturated heterocycles. The average molecular weight is 334 g/mol. The second-order valence-electron chi connectivity index (χ2n) is 5.16. The monoisotopic (exact) mass is 334 g/mol. The van der Waals surface area contributed by atoms with Crippen molar-refractivity contribution < 1.29 is 13.2 Å². The minimum absolute atomic E-state index is 0.290. The number of aromatic nitrogens is 3. The van der Waals surface area contributed by atoms with E-state index in [0.29, 0.717) is 17.1 Å². The highest BCUT2D eigenvalue weighted by atomic mass is 19.4. The molecule has 0 aliphatic carbocycles. The van der Waals surface area contributed by atoms with Gasteiger partial charge in [0.25, 0.3) is 0 Å². The van der Waals surface area contributed by atoms with Crippen molar-refractivity contribution in [2.45, 2.75) is 6.18 Å². The van der Waals surface area contributed by atoms with Gasteiger partial charge in [-0.25, -0.2) is 9.89 Å². The molecule has 2 N–H and O–H groups in total. The molecule has 0 amide bonds. The average Bonchev–Trinajstić information content (AvgIpc) is 2.87. The molecule has 5 nitrogen and oxygen atoms in total. The number of alkyl halides is 3. The summed E-state index contributed by atoms with van der Waals surface area (Å²) in [5, 5.41) is 9.24. The van der Waals surface area contributed by atoms with Gasteiger partial charge < -0.3 is 5.32 Å². The van der Waals surface area contributed by atoms with Gasteiger partial charge in [-0.1, -0.05) is 18.2 Å². The van der Waals surface area contributed by atoms with Crippen LogP contribution in [0.1, 0.15) is 5.56 Å². The zero-order valence-corrected chi connectivity index (χ0v) is 12.6. The molecule has 3 rings (SSSR count). The number of halogens is 3. The zero-order valence-electron chi connectivity index (χ0n) is 12.6. The van der Waals surface area contributed by atoms with Crippen LogP contribution in [-0.2, 0) is 13.2 Å². The SMILES string of the molecule is Cn1c(-c2ccccc2Nc2cccc(C(F)(F)F)c2)n[nH]c1=O. The molecule has 0 bridgehead atoms. The lowest BCUT2D eigenvalue weighted by molar-refractivity contribution is -0.137. The first-order valence-corrected chi connectivity index (χ1v) is 7.01. The predicted octanol–water partition coefficient (Wildman–Crippen LogP) is 3.54. The molecule has 0 unspecified atom stereocenters. The number of benzene rings is 2. The fourth-order valence-electron chi connectivity index (χ4n) is 2.30. The number of anilines is 2. The van der Waals surface area contributed by atoms with E-state index in [2.05, 4.69) is 15.5 Å². The maximum absolute atomic E-state index is 12.8. The summed E-state index contributed by atoms with van der Waals surface area (Å²) < 4.78 is 39.8. The van der Waals surface area contributed by atoms with Crippen molar-refractivity contribution in [3.8, 4) is 11.4 Å². The molecule has 2 aromatic carbocycles. The van der Waals surface area contributed by atoms with E-state index in [0.717, 1.165) is 12.1 Å². The normalized spacial score (nSPS) is 11.5. The van der Waals surface area contributed by atoms with Crippen LogP contribution in [0, 0.1) is 0 Å². The Balaban J connectivity index is 2.00. The van der Waals surface area contributed by atoms with Crippen LogP contribution in [0.3, 0.4) is 0 Å². The van der Waals surface area contributed by atoms with E-state index in [1.54, 1.807) is 31.3 Å². The second kappa shape index (κ2) is 5.88. The van der Waals surface area contributed by atoms with Crippen LogP contribution in [0.25, 0.3) is 11.4 Å². The molecular formula is C16H13F3N4O. The first-order valence-electron chi connectivity index (χ1n) is 7.01. The summed E-state index contributed by atoms with van der Waals surface area (Å²) in [5.41, 5.74) is 0.309. The largest absolute Gasteiger partial charge is 0.416 e. The van der Waals surface area contributed by atoms with Crippen LogP contribution in [0.4, 0.5) is 24.5 Å². The van der Waals surface area contributed by atoms with Crippen molar-refractivity contribution in [2.75, 3.05) is 5.32 Å². The molecule has 8 heteroatoms. The number of para-hydroxylation sites is 1. The van der Waals surface area contributed by atoms with E-state index in [-0.39, 0.29) is 11.4 Å². The highest BCUT2D eigenvalue weighted by Crippen LogP contribution is 2.33. The van der Waals surface area contributed by atoms with Crippen molar-refractivity contribution in [3.05, 3.63) is 64.6 Å². The van der Waals surface area contributed by atoms with Crippen LogP contribution in [0.15, 0.2) is 53.3 Å². The lowest BCUT2D eigenvalue weighted by Crippen LogP contribution is -2.13. The maximum atomic E-state index is 12.8. The topological polar surface area (TPSA) is 62.7 Å². The minimum Gasteiger partial charge on any atom is -0.355 e. The molecule has 0 spiro atoms. The second-order valence-corrected chi connectivity index (χ2v) is 5.16. The zero-order chi connectivity index (χ0) is 17.3. The molecule has 24 heavy (non-hydrogen) atoms. The van der Waals surface area contributed by atoms with Gasteiger partial charge in [-0.05, 0) is 30.3 Å². The van der Waals surface area contributed by atoms with Crippen LogP contribution in [0.2, 0.25) is 0 Å². The molecule has 0 atom stereocenters. The number of hydrogen-bond acceptors (Lipinski definition) is 3. The van der Waals surface area contributed by atoms with Crippen molar-refractivity contribution >= 4 is 11.4 Å². The summed E-state index contributed by atoms with van der Waals surface area (Å²) in [6.07, 6.45) is -4.41. The fraction of sp³-hybridized carbons (Fsp3) is 0.125. The molecule has 0 saturated carbocycles. The molecule has 0 fully saturated rings. The Hall–Kier alpha value is -3.03. The fourth-order valence-corrected chi connectivity index (χ4v) is 2.30. The van der Waals surface area contributed by atoms with Crippen LogP contribution in [0.5, 0.6) is 0 Å². The number of hydrogen-bond donors (Lipinski definition) is 2. The Morgan fingerprint density at radius 1 is 1.12 bits per heavy atom. The Bertz CT molecular complexity index is 927. The molecule has 124 valence electrons. The van der Waals surface area contributed by atoms with Crippen LogP contribution in [-0.4, -0.2) is 14.8 Å². The highest BCUT2D eigenvalue weighted by molar-refractivity contribution is 5.77. The highest BCUT2D eigenvalue weighted by Gasteiger charge is 2.30. The van der Waals surface area contributed by atoms with Gasteiger partial charge in [-0.15, -0.1) is 0 Å². The van der Waals surface area contributed by atoms with E-state index in [4.69, 9.17) is 0 Å².